The highest BCUT2D eigenvalue weighted by Gasteiger charge is 2.13. The molecule has 0 aliphatic heterocycles. The molecule has 1 N–H and O–H groups in total. The second kappa shape index (κ2) is 7.95. The molecule has 0 aliphatic rings. The maximum atomic E-state index is 12.5. The molecule has 7 heteroatoms. The topological polar surface area (TPSA) is 67.7 Å². The van der Waals surface area contributed by atoms with E-state index in [-0.39, 0.29) is 5.76 Å². The molecule has 0 unspecified atom stereocenters. The van der Waals surface area contributed by atoms with Crippen molar-refractivity contribution in [3.05, 3.63) is 94.4 Å². The van der Waals surface area contributed by atoms with Crippen molar-refractivity contribution in [2.75, 3.05) is 0 Å². The smallest absolute Gasteiger partial charge is 0.307 e. The summed E-state index contributed by atoms with van der Waals surface area (Å²) < 4.78 is 11.4. The van der Waals surface area contributed by atoms with Crippen LogP contribution in [0.25, 0.3) is 33.1 Å². The van der Waals surface area contributed by atoms with Gasteiger partial charge in [-0.3, -0.25) is 4.79 Å². The number of nitrogens with zero attached hydrogens (tertiary/aromatic N) is 1. The summed E-state index contributed by atoms with van der Waals surface area (Å²) in [6, 6.07) is 22.1. The highest BCUT2D eigenvalue weighted by molar-refractivity contribution is 6.36. The summed E-state index contributed by atoms with van der Waals surface area (Å²) in [4.78, 5) is 12.5. The first kappa shape index (κ1) is 19.4. The van der Waals surface area contributed by atoms with E-state index >= 15 is 0 Å². The predicted molar refractivity (Wildman–Crippen MR) is 123 cm³/mol. The van der Waals surface area contributed by atoms with E-state index in [9.17, 15) is 4.79 Å². The lowest BCUT2D eigenvalue weighted by molar-refractivity contribution is 0.0929. The zero-order valence-electron chi connectivity index (χ0n) is 15.9. The molecule has 0 fully saturated rings. The first-order chi connectivity index (χ1) is 15.1. The first-order valence-electron chi connectivity index (χ1n) is 9.38. The van der Waals surface area contributed by atoms with E-state index in [2.05, 4.69) is 10.5 Å². The highest BCUT2D eigenvalue weighted by Crippen LogP contribution is 2.31. The van der Waals surface area contributed by atoms with Crippen LogP contribution in [0.5, 0.6) is 0 Å². The summed E-state index contributed by atoms with van der Waals surface area (Å²) in [7, 11) is 0. The summed E-state index contributed by atoms with van der Waals surface area (Å²) in [5.74, 6) is 0.746. The number of benzene rings is 3. The molecule has 0 saturated heterocycles. The number of fused-ring (bicyclic) bond motifs is 3. The lowest BCUT2D eigenvalue weighted by Gasteiger charge is -2.00. The van der Waals surface area contributed by atoms with Crippen molar-refractivity contribution in [3.8, 4) is 11.3 Å². The van der Waals surface area contributed by atoms with Gasteiger partial charge in [0.2, 0.25) is 0 Å². The zero-order chi connectivity index (χ0) is 21.4. The van der Waals surface area contributed by atoms with Crippen molar-refractivity contribution in [2.24, 2.45) is 5.10 Å². The number of amides is 1. The summed E-state index contributed by atoms with van der Waals surface area (Å²) >= 11 is 12.1. The maximum Gasteiger partial charge on any atom is 0.307 e. The first-order valence-corrected chi connectivity index (χ1v) is 10.1. The van der Waals surface area contributed by atoms with Gasteiger partial charge in [-0.15, -0.1) is 0 Å². The molecule has 0 spiro atoms. The van der Waals surface area contributed by atoms with E-state index in [1.807, 2.05) is 36.4 Å². The molecule has 0 aliphatic carbocycles. The maximum absolute atomic E-state index is 12.5. The molecule has 0 saturated carbocycles. The Morgan fingerprint density at radius 3 is 2.65 bits per heavy atom. The number of carbonyl (C=O) groups is 1. The van der Waals surface area contributed by atoms with Crippen molar-refractivity contribution in [3.63, 3.8) is 0 Å². The Kier molecular flexibility index (Phi) is 4.98. The second-order valence-corrected chi connectivity index (χ2v) is 7.68. The quantitative estimate of drug-likeness (QED) is 0.239. The summed E-state index contributed by atoms with van der Waals surface area (Å²) in [6.45, 7) is 0. The van der Waals surface area contributed by atoms with Crippen LogP contribution < -0.4 is 5.43 Å². The minimum Gasteiger partial charge on any atom is -0.455 e. The monoisotopic (exact) mass is 448 g/mol. The van der Waals surface area contributed by atoms with Gasteiger partial charge in [-0.05, 0) is 53.2 Å². The van der Waals surface area contributed by atoms with Gasteiger partial charge in [0.1, 0.15) is 17.1 Å². The average molecular weight is 449 g/mol. The van der Waals surface area contributed by atoms with Crippen LogP contribution in [0.1, 0.15) is 16.3 Å². The van der Waals surface area contributed by atoms with Gasteiger partial charge in [0, 0.05) is 16.0 Å². The molecular weight excluding hydrogens is 435 g/mol. The van der Waals surface area contributed by atoms with Crippen LogP contribution in [0, 0.1) is 0 Å². The minimum absolute atomic E-state index is 0.177. The van der Waals surface area contributed by atoms with Gasteiger partial charge in [0.05, 0.1) is 11.2 Å². The van der Waals surface area contributed by atoms with E-state index in [1.165, 1.54) is 6.21 Å². The van der Waals surface area contributed by atoms with E-state index in [0.717, 1.165) is 16.2 Å². The van der Waals surface area contributed by atoms with Crippen LogP contribution in [-0.2, 0) is 0 Å². The molecule has 5 rings (SSSR count). The van der Waals surface area contributed by atoms with Crippen molar-refractivity contribution in [1.29, 1.82) is 0 Å². The van der Waals surface area contributed by atoms with Crippen molar-refractivity contribution in [1.82, 2.24) is 5.43 Å². The number of nitrogens with one attached hydrogen (secondary N) is 1. The van der Waals surface area contributed by atoms with Crippen LogP contribution in [0.2, 0.25) is 10.0 Å². The molecule has 5 nitrogen and oxygen atoms in total. The Morgan fingerprint density at radius 2 is 1.77 bits per heavy atom. The second-order valence-electron chi connectivity index (χ2n) is 6.83. The number of hydrogen-bond acceptors (Lipinski definition) is 4. The summed E-state index contributed by atoms with van der Waals surface area (Å²) in [5, 5.41) is 7.97. The van der Waals surface area contributed by atoms with Crippen LogP contribution in [-0.4, -0.2) is 12.1 Å². The molecule has 0 atom stereocenters. The third-order valence-electron chi connectivity index (χ3n) is 4.83. The number of hydrazone groups is 1. The average Bonchev–Trinajstić information content (AvgIpc) is 3.41. The van der Waals surface area contributed by atoms with Gasteiger partial charge in [0.15, 0.2) is 5.76 Å². The molecule has 0 radical (unpaired) electrons. The lowest BCUT2D eigenvalue weighted by atomic mass is 10.1. The Morgan fingerprint density at radius 1 is 0.903 bits per heavy atom. The third kappa shape index (κ3) is 3.81. The van der Waals surface area contributed by atoms with Crippen molar-refractivity contribution >= 4 is 57.1 Å². The Labute approximate surface area is 186 Å². The molecule has 31 heavy (non-hydrogen) atoms. The van der Waals surface area contributed by atoms with Crippen LogP contribution >= 0.6 is 23.2 Å². The fourth-order valence-corrected chi connectivity index (χ4v) is 3.87. The predicted octanol–water partition coefficient (Wildman–Crippen LogP) is 6.92. The Hall–Kier alpha value is -3.54. The third-order valence-corrected chi connectivity index (χ3v) is 5.38. The molecular formula is C24H14Cl2N2O3. The number of furan rings is 2. The van der Waals surface area contributed by atoms with Crippen LogP contribution in [0.4, 0.5) is 0 Å². The SMILES string of the molecule is O=C(NN=Cc1ccc(-c2ccc(Cl)cc2Cl)o1)c1cc2c(ccc3ccccc32)o1. The van der Waals surface area contributed by atoms with E-state index < -0.39 is 5.91 Å². The standard InChI is InChI=1S/C24H14Cl2N2O3/c25-15-6-8-18(20(26)11-15)21-10-7-16(30-21)13-27-28-24(29)23-12-19-17-4-2-1-3-14(17)5-9-22(19)31-23/h1-13H,(H,28,29). The van der Waals surface area contributed by atoms with E-state index in [0.29, 0.717) is 32.7 Å². The molecule has 0 bridgehead atoms. The number of carbonyl (C=O) groups excluding carboxylic acids is 1. The number of hydrogen-bond donors (Lipinski definition) is 1. The largest absolute Gasteiger partial charge is 0.455 e. The van der Waals surface area contributed by atoms with E-state index in [1.54, 1.807) is 36.4 Å². The minimum atomic E-state index is -0.455. The van der Waals surface area contributed by atoms with E-state index in [4.69, 9.17) is 32.0 Å². The summed E-state index contributed by atoms with van der Waals surface area (Å²) in [6.07, 6.45) is 1.41. The number of rotatable bonds is 4. The fourth-order valence-electron chi connectivity index (χ4n) is 3.37. The fraction of sp³-hybridized carbons (Fsp3) is 0. The van der Waals surface area contributed by atoms with Gasteiger partial charge < -0.3 is 8.83 Å². The van der Waals surface area contributed by atoms with Gasteiger partial charge >= 0.3 is 5.91 Å². The molecule has 1 amide bonds. The molecule has 152 valence electrons. The van der Waals surface area contributed by atoms with Crippen molar-refractivity contribution in [2.45, 2.75) is 0 Å². The number of halogens is 2. The van der Waals surface area contributed by atoms with Crippen LogP contribution in [0.15, 0.2) is 86.7 Å². The Balaban J connectivity index is 1.33. The molecule has 2 aromatic heterocycles. The zero-order valence-corrected chi connectivity index (χ0v) is 17.4. The summed E-state index contributed by atoms with van der Waals surface area (Å²) in [5.41, 5.74) is 3.81. The Bertz CT molecular complexity index is 1470. The van der Waals surface area contributed by atoms with Gasteiger partial charge in [-0.25, -0.2) is 5.43 Å². The van der Waals surface area contributed by atoms with Gasteiger partial charge in [-0.2, -0.15) is 5.10 Å². The molecule has 5 aromatic rings. The molecule has 3 aromatic carbocycles. The normalized spacial score (nSPS) is 11.5. The van der Waals surface area contributed by atoms with Crippen molar-refractivity contribution < 1.29 is 13.6 Å². The van der Waals surface area contributed by atoms with Gasteiger partial charge in [-0.1, -0.05) is 53.5 Å². The van der Waals surface area contributed by atoms with Gasteiger partial charge in [0.25, 0.3) is 0 Å². The lowest BCUT2D eigenvalue weighted by Crippen LogP contribution is -2.16. The molecule has 2 heterocycles. The van der Waals surface area contributed by atoms with Crippen LogP contribution in [0.3, 0.4) is 0 Å². The highest BCUT2D eigenvalue weighted by atomic mass is 35.5.